The Kier molecular flexibility index (Phi) is 8.61. The van der Waals surface area contributed by atoms with Gasteiger partial charge in [0, 0.05) is 36.0 Å². The van der Waals surface area contributed by atoms with Gasteiger partial charge >= 0.3 is 5.97 Å². The maximum absolute atomic E-state index is 12.0. The second kappa shape index (κ2) is 11.6. The third kappa shape index (κ3) is 7.78. The largest absolute Gasteiger partial charge is 0.460 e. The van der Waals surface area contributed by atoms with E-state index in [2.05, 4.69) is 26.3 Å². The van der Waals surface area contributed by atoms with Gasteiger partial charge in [-0.15, -0.1) is 0 Å². The van der Waals surface area contributed by atoms with E-state index in [0.29, 0.717) is 34.3 Å². The lowest BCUT2D eigenvalue weighted by Gasteiger charge is -2.19. The molecule has 1 amide bonds. The highest BCUT2D eigenvalue weighted by atomic mass is 32.2. The zero-order valence-corrected chi connectivity index (χ0v) is 21.5. The molecule has 0 atom stereocenters. The number of nitrogen functional groups attached to an aromatic ring is 1. The standard InChI is InChI=1S/C26H28N6O3S/c1-16(33)29-19-10-8-17(9-11-19)23-21(14-27)24(28)32-25(31-23)36-15-20-7-5-6-18(30-20)12-13-22(34)35-26(2,3)4/h5-11H,12-13,15H2,1-4H3,(H,29,33)(H2,28,31,32). The first-order valence-corrected chi connectivity index (χ1v) is 12.3. The summed E-state index contributed by atoms with van der Waals surface area (Å²) >= 11 is 1.35. The zero-order chi connectivity index (χ0) is 26.3. The molecular formula is C26H28N6O3S. The number of nitrogens with zero attached hydrogens (tertiary/aromatic N) is 4. The lowest BCUT2D eigenvalue weighted by molar-refractivity contribution is -0.154. The van der Waals surface area contributed by atoms with Crippen molar-refractivity contribution in [2.75, 3.05) is 11.1 Å². The van der Waals surface area contributed by atoms with Crippen molar-refractivity contribution < 1.29 is 14.3 Å². The number of benzene rings is 1. The molecule has 9 nitrogen and oxygen atoms in total. The van der Waals surface area contributed by atoms with Crippen LogP contribution in [0.5, 0.6) is 0 Å². The molecule has 0 bridgehead atoms. The maximum atomic E-state index is 12.0. The lowest BCUT2D eigenvalue weighted by atomic mass is 10.1. The second-order valence-electron chi connectivity index (χ2n) is 8.98. The van der Waals surface area contributed by atoms with Crippen LogP contribution in [0.25, 0.3) is 11.3 Å². The van der Waals surface area contributed by atoms with E-state index in [1.165, 1.54) is 18.7 Å². The number of hydrogen-bond acceptors (Lipinski definition) is 9. The quantitative estimate of drug-likeness (QED) is 0.257. The molecule has 1 aromatic carbocycles. The molecule has 3 N–H and O–H groups in total. The van der Waals surface area contributed by atoms with Crippen LogP contribution < -0.4 is 11.1 Å². The van der Waals surface area contributed by atoms with E-state index < -0.39 is 5.60 Å². The maximum Gasteiger partial charge on any atom is 0.306 e. The first-order valence-electron chi connectivity index (χ1n) is 11.3. The molecule has 2 heterocycles. The van der Waals surface area contributed by atoms with Crippen LogP contribution in [0, 0.1) is 11.3 Å². The second-order valence-corrected chi connectivity index (χ2v) is 9.92. The van der Waals surface area contributed by atoms with Crippen molar-refractivity contribution in [3.63, 3.8) is 0 Å². The Labute approximate surface area is 214 Å². The Morgan fingerprint density at radius 3 is 2.42 bits per heavy atom. The van der Waals surface area contributed by atoms with Gasteiger partial charge in [-0.2, -0.15) is 5.26 Å². The van der Waals surface area contributed by atoms with E-state index in [9.17, 15) is 14.9 Å². The number of anilines is 2. The summed E-state index contributed by atoms with van der Waals surface area (Å²) in [5.74, 6) is 0.137. The van der Waals surface area contributed by atoms with E-state index in [1.807, 2.05) is 39.0 Å². The van der Waals surface area contributed by atoms with Gasteiger partial charge in [0.15, 0.2) is 5.16 Å². The van der Waals surface area contributed by atoms with Crippen molar-refractivity contribution >= 4 is 35.1 Å². The highest BCUT2D eigenvalue weighted by Crippen LogP contribution is 2.29. The molecule has 10 heteroatoms. The van der Waals surface area contributed by atoms with E-state index in [4.69, 9.17) is 10.5 Å². The summed E-state index contributed by atoms with van der Waals surface area (Å²) < 4.78 is 5.36. The van der Waals surface area contributed by atoms with Crippen molar-refractivity contribution in [3.05, 3.63) is 59.4 Å². The minimum absolute atomic E-state index is 0.0926. The number of hydrogen-bond donors (Lipinski definition) is 2. The molecule has 0 radical (unpaired) electrons. The normalized spacial score (nSPS) is 11.0. The number of aromatic nitrogens is 3. The fourth-order valence-corrected chi connectivity index (χ4v) is 4.02. The molecule has 36 heavy (non-hydrogen) atoms. The summed E-state index contributed by atoms with van der Waals surface area (Å²) in [6.07, 6.45) is 0.729. The summed E-state index contributed by atoms with van der Waals surface area (Å²) in [5.41, 5.74) is 9.07. The summed E-state index contributed by atoms with van der Waals surface area (Å²) in [4.78, 5) is 36.7. The Morgan fingerprint density at radius 2 is 1.78 bits per heavy atom. The Bertz CT molecular complexity index is 1300. The molecule has 0 spiro atoms. The molecular weight excluding hydrogens is 476 g/mol. The Morgan fingerprint density at radius 1 is 1.08 bits per heavy atom. The van der Waals surface area contributed by atoms with E-state index in [0.717, 1.165) is 11.4 Å². The van der Waals surface area contributed by atoms with Gasteiger partial charge in [-0.25, -0.2) is 9.97 Å². The molecule has 0 unspecified atom stereocenters. The Hall–Kier alpha value is -3.97. The van der Waals surface area contributed by atoms with Crippen LogP contribution in [0.15, 0.2) is 47.6 Å². The number of ether oxygens (including phenoxy) is 1. The summed E-state index contributed by atoms with van der Waals surface area (Å²) in [6.45, 7) is 6.95. The van der Waals surface area contributed by atoms with Gasteiger partial charge in [0.05, 0.1) is 17.8 Å². The van der Waals surface area contributed by atoms with Gasteiger partial charge in [-0.05, 0) is 45.0 Å². The van der Waals surface area contributed by atoms with E-state index >= 15 is 0 Å². The minimum atomic E-state index is -0.516. The van der Waals surface area contributed by atoms with Crippen LogP contribution in [0.4, 0.5) is 11.5 Å². The molecule has 2 aromatic heterocycles. The molecule has 0 aliphatic heterocycles. The Balaban J connectivity index is 1.72. The first kappa shape index (κ1) is 26.6. The van der Waals surface area contributed by atoms with Crippen molar-refractivity contribution in [1.82, 2.24) is 15.0 Å². The van der Waals surface area contributed by atoms with Crippen molar-refractivity contribution in [3.8, 4) is 17.3 Å². The van der Waals surface area contributed by atoms with Crippen molar-refractivity contribution in [2.45, 2.75) is 57.0 Å². The van der Waals surface area contributed by atoms with Crippen LogP contribution in [0.1, 0.15) is 51.1 Å². The van der Waals surface area contributed by atoms with Gasteiger partial charge in [-0.3, -0.25) is 14.6 Å². The van der Waals surface area contributed by atoms with Crippen LogP contribution in [-0.4, -0.2) is 32.4 Å². The summed E-state index contributed by atoms with van der Waals surface area (Å²) in [6, 6.07) is 14.7. The van der Waals surface area contributed by atoms with Gasteiger partial charge in [0.2, 0.25) is 5.91 Å². The van der Waals surface area contributed by atoms with Gasteiger partial charge in [0.25, 0.3) is 0 Å². The number of nitrogens with one attached hydrogen (secondary N) is 1. The number of rotatable bonds is 8. The van der Waals surface area contributed by atoms with Crippen LogP contribution in [0.2, 0.25) is 0 Å². The SMILES string of the molecule is CC(=O)Nc1ccc(-c2nc(SCc3cccc(CCC(=O)OC(C)(C)C)n3)nc(N)c2C#N)cc1. The highest BCUT2D eigenvalue weighted by molar-refractivity contribution is 7.98. The van der Waals surface area contributed by atoms with Crippen molar-refractivity contribution in [2.24, 2.45) is 0 Å². The number of thioether (sulfide) groups is 1. The highest BCUT2D eigenvalue weighted by Gasteiger charge is 2.17. The van der Waals surface area contributed by atoms with Crippen molar-refractivity contribution in [1.29, 1.82) is 5.26 Å². The molecule has 0 fully saturated rings. The van der Waals surface area contributed by atoms with Crippen LogP contribution >= 0.6 is 11.8 Å². The topological polar surface area (TPSA) is 144 Å². The fourth-order valence-electron chi connectivity index (χ4n) is 3.27. The summed E-state index contributed by atoms with van der Waals surface area (Å²) in [7, 11) is 0. The molecule has 0 aliphatic rings. The van der Waals surface area contributed by atoms with Crippen LogP contribution in [-0.2, 0) is 26.5 Å². The minimum Gasteiger partial charge on any atom is -0.460 e. The zero-order valence-electron chi connectivity index (χ0n) is 20.7. The third-order valence-electron chi connectivity index (χ3n) is 4.73. The average molecular weight is 505 g/mol. The predicted molar refractivity (Wildman–Crippen MR) is 139 cm³/mol. The number of nitrogens with two attached hydrogens (primary N) is 1. The molecule has 0 aliphatic carbocycles. The molecule has 3 rings (SSSR count). The number of aryl methyl sites for hydroxylation is 1. The van der Waals surface area contributed by atoms with E-state index in [-0.39, 0.29) is 29.7 Å². The third-order valence-corrected chi connectivity index (χ3v) is 5.61. The number of pyridine rings is 1. The molecule has 3 aromatic rings. The summed E-state index contributed by atoms with van der Waals surface area (Å²) in [5, 5.41) is 12.7. The molecule has 0 saturated heterocycles. The fraction of sp³-hybridized carbons (Fsp3) is 0.308. The monoisotopic (exact) mass is 504 g/mol. The predicted octanol–water partition coefficient (Wildman–Crippen LogP) is 4.52. The molecule has 0 saturated carbocycles. The van der Waals surface area contributed by atoms with Crippen LogP contribution in [0.3, 0.4) is 0 Å². The van der Waals surface area contributed by atoms with Gasteiger partial charge in [0.1, 0.15) is 23.1 Å². The van der Waals surface area contributed by atoms with Gasteiger partial charge in [-0.1, -0.05) is 30.0 Å². The number of nitriles is 1. The lowest BCUT2D eigenvalue weighted by Crippen LogP contribution is -2.24. The number of amides is 1. The smallest absolute Gasteiger partial charge is 0.306 e. The number of carbonyl (C=O) groups is 2. The van der Waals surface area contributed by atoms with Gasteiger partial charge < -0.3 is 15.8 Å². The van der Waals surface area contributed by atoms with E-state index in [1.54, 1.807) is 24.3 Å². The first-order chi connectivity index (χ1) is 17.0. The number of carbonyl (C=O) groups excluding carboxylic acids is 2. The molecule has 186 valence electrons. The average Bonchev–Trinajstić information content (AvgIpc) is 2.80. The number of esters is 1.